The maximum atomic E-state index is 8.00. The van der Waals surface area contributed by atoms with Crippen molar-refractivity contribution >= 4 is 27.2 Å². The summed E-state index contributed by atoms with van der Waals surface area (Å²) in [6.07, 6.45) is 0. The molecule has 0 fully saturated rings. The predicted octanol–water partition coefficient (Wildman–Crippen LogP) is 2.44. The van der Waals surface area contributed by atoms with Gasteiger partial charge in [-0.25, -0.2) is 0 Å². The Morgan fingerprint density at radius 2 is 0.625 bits per heavy atom. The molecule has 146 valence electrons. The van der Waals surface area contributed by atoms with Crippen molar-refractivity contribution in [3.63, 3.8) is 0 Å². The van der Waals surface area contributed by atoms with Gasteiger partial charge >= 0.3 is 0 Å². The van der Waals surface area contributed by atoms with Crippen LogP contribution in [0.1, 0.15) is 55.4 Å². The summed E-state index contributed by atoms with van der Waals surface area (Å²) in [5, 5.41) is 0. The Morgan fingerprint density at radius 1 is 0.500 bits per heavy atom. The molecule has 0 spiro atoms. The molecule has 0 heterocycles. The molecule has 24 heavy (non-hydrogen) atoms. The second-order valence-electron chi connectivity index (χ2n) is 5.54. The summed E-state index contributed by atoms with van der Waals surface area (Å²) in [6, 6.07) is 2.46. The molecule has 0 saturated heterocycles. The first-order chi connectivity index (χ1) is 10.8. The molecular formula is C17H38CrN2O4. The van der Waals surface area contributed by atoms with E-state index < -0.39 is 0 Å². The van der Waals surface area contributed by atoms with Gasteiger partial charge in [-0.2, -0.15) is 0 Å². The summed E-state index contributed by atoms with van der Waals surface area (Å²) in [4.78, 5) is 37.1. The van der Waals surface area contributed by atoms with Crippen LogP contribution in [0.3, 0.4) is 0 Å². The van der Waals surface area contributed by atoms with Crippen molar-refractivity contribution in [1.29, 1.82) is 0 Å². The van der Waals surface area contributed by atoms with E-state index >= 15 is 0 Å². The van der Waals surface area contributed by atoms with Gasteiger partial charge in [0.15, 0.2) is 0 Å². The first-order valence-corrected chi connectivity index (χ1v) is 7.44. The molecule has 0 atom stereocenters. The van der Waals surface area contributed by atoms with Gasteiger partial charge in [0.05, 0.1) is 6.67 Å². The van der Waals surface area contributed by atoms with Crippen molar-refractivity contribution in [1.82, 2.24) is 9.80 Å². The normalized spacial score (nSPS) is 8.92. The number of hydrogen-bond donors (Lipinski definition) is 0. The number of carbonyl (C=O) groups excluding carboxylic acids is 4. The third kappa shape index (κ3) is 23.4. The zero-order chi connectivity index (χ0) is 20.2. The van der Waals surface area contributed by atoms with E-state index in [-0.39, 0.29) is 17.4 Å². The van der Waals surface area contributed by atoms with Gasteiger partial charge in [0.1, 0.15) is 27.2 Å². The number of rotatable bonds is 6. The minimum atomic E-state index is 0. The average Bonchev–Trinajstić information content (AvgIpc) is 2.54. The Morgan fingerprint density at radius 3 is 0.708 bits per heavy atom. The van der Waals surface area contributed by atoms with Crippen LogP contribution in [0.25, 0.3) is 0 Å². The first-order valence-electron chi connectivity index (χ1n) is 7.44. The Bertz CT molecular complexity index is 189. The summed E-state index contributed by atoms with van der Waals surface area (Å²) >= 11 is 0. The molecule has 0 rings (SSSR count). The van der Waals surface area contributed by atoms with E-state index in [4.69, 9.17) is 19.2 Å². The second-order valence-corrected chi connectivity index (χ2v) is 5.54. The minimum Gasteiger partial charge on any atom is -0.307 e. The molecule has 7 heteroatoms. The second kappa shape index (κ2) is 30.1. The molecule has 0 aliphatic heterocycles. The van der Waals surface area contributed by atoms with Gasteiger partial charge in [-0.15, -0.1) is 0 Å². The zero-order valence-electron chi connectivity index (χ0n) is 16.8. The van der Waals surface area contributed by atoms with Crippen molar-refractivity contribution in [3.8, 4) is 0 Å². The third-order valence-electron chi connectivity index (χ3n) is 2.98. The van der Waals surface area contributed by atoms with Gasteiger partial charge in [-0.3, -0.25) is 9.80 Å². The predicted molar refractivity (Wildman–Crippen MR) is 97.6 cm³/mol. The van der Waals surface area contributed by atoms with E-state index in [0.717, 1.165) is 6.67 Å². The van der Waals surface area contributed by atoms with Crippen LogP contribution in [0.5, 0.6) is 0 Å². The number of hydrogen-bond acceptors (Lipinski definition) is 6. The zero-order valence-corrected chi connectivity index (χ0v) is 18.1. The number of nitrogens with zero attached hydrogens (tertiary/aromatic N) is 2. The fourth-order valence-corrected chi connectivity index (χ4v) is 2.03. The first kappa shape index (κ1) is 38.6. The van der Waals surface area contributed by atoms with E-state index in [1.807, 2.05) is 27.2 Å². The van der Waals surface area contributed by atoms with Crippen molar-refractivity contribution in [2.75, 3.05) is 6.67 Å². The Hall–Kier alpha value is -0.868. The van der Waals surface area contributed by atoms with Gasteiger partial charge in [-0.1, -0.05) is 0 Å². The molecule has 0 aliphatic rings. The van der Waals surface area contributed by atoms with Gasteiger partial charge in [0.25, 0.3) is 0 Å². The van der Waals surface area contributed by atoms with Crippen LogP contribution in [0, 0.1) is 0 Å². The topological polar surface area (TPSA) is 74.8 Å². The van der Waals surface area contributed by atoms with Crippen molar-refractivity contribution in [3.05, 3.63) is 0 Å². The Balaban J connectivity index is -0.0000000782. The fraction of sp³-hybridized carbons (Fsp3) is 0.765. The smallest absolute Gasteiger partial charge is 0.106 e. The molecule has 0 aliphatic carbocycles. The quantitative estimate of drug-likeness (QED) is 0.653. The van der Waals surface area contributed by atoms with Crippen molar-refractivity contribution in [2.24, 2.45) is 0 Å². The largest absolute Gasteiger partial charge is 0.307 e. The minimum absolute atomic E-state index is 0. The molecule has 0 unspecified atom stereocenters. The molecule has 0 N–H and O–H groups in total. The van der Waals surface area contributed by atoms with Crippen LogP contribution in [0.15, 0.2) is 0 Å². The molecule has 6 nitrogen and oxygen atoms in total. The average molecular weight is 386 g/mol. The van der Waals surface area contributed by atoms with Gasteiger partial charge < -0.3 is 19.2 Å². The van der Waals surface area contributed by atoms with Gasteiger partial charge in [-0.05, 0) is 55.4 Å². The van der Waals surface area contributed by atoms with Crippen LogP contribution in [0.4, 0.5) is 0 Å². The van der Waals surface area contributed by atoms with Gasteiger partial charge in [0.2, 0.25) is 0 Å². The molecule has 0 aromatic carbocycles. The summed E-state index contributed by atoms with van der Waals surface area (Å²) in [5.74, 6) is 0. The standard InChI is InChI=1S/C13H30N2.4CH2O.Cr/c1-10(2)14(11(3)4)9-15(12(5)6)13(7)8;4*1-2;/h10-13H,9H2,1-8H3;4*1H2;. The monoisotopic (exact) mass is 386 g/mol. The van der Waals surface area contributed by atoms with E-state index in [0.29, 0.717) is 24.2 Å². The Kier molecular flexibility index (Phi) is 48.4. The Labute approximate surface area is 160 Å². The SMILES string of the molecule is C=O.C=O.C=O.C=O.CC(C)N(CN(C(C)C)C(C)C)C(C)C.[Cr]. The summed E-state index contributed by atoms with van der Waals surface area (Å²) in [5.41, 5.74) is 0. The van der Waals surface area contributed by atoms with Gasteiger partial charge in [0, 0.05) is 41.5 Å². The maximum absolute atomic E-state index is 8.00. The van der Waals surface area contributed by atoms with E-state index in [1.54, 1.807) is 0 Å². The van der Waals surface area contributed by atoms with Crippen molar-refractivity contribution < 1.29 is 36.5 Å². The maximum Gasteiger partial charge on any atom is 0.106 e. The molecule has 0 amide bonds. The molecule has 0 aromatic rings. The third-order valence-corrected chi connectivity index (χ3v) is 2.98. The summed E-state index contributed by atoms with van der Waals surface area (Å²) in [7, 11) is 0. The van der Waals surface area contributed by atoms with Crippen LogP contribution in [-0.2, 0) is 36.5 Å². The molecule has 0 aromatic heterocycles. The number of carbonyl (C=O) groups is 4. The van der Waals surface area contributed by atoms with E-state index in [9.17, 15) is 0 Å². The molecule has 0 saturated carbocycles. The van der Waals surface area contributed by atoms with Crippen molar-refractivity contribution in [2.45, 2.75) is 79.6 Å². The van der Waals surface area contributed by atoms with Crippen LogP contribution < -0.4 is 0 Å². The van der Waals surface area contributed by atoms with Crippen LogP contribution >= 0.6 is 0 Å². The van der Waals surface area contributed by atoms with Crippen LogP contribution in [-0.4, -0.2) is 67.8 Å². The fourth-order valence-electron chi connectivity index (χ4n) is 2.03. The molecule has 0 bridgehead atoms. The summed E-state index contributed by atoms with van der Waals surface area (Å²) in [6.45, 7) is 27.3. The van der Waals surface area contributed by atoms with E-state index in [2.05, 4.69) is 65.2 Å². The van der Waals surface area contributed by atoms with Crippen LogP contribution in [0.2, 0.25) is 0 Å². The van der Waals surface area contributed by atoms with E-state index in [1.165, 1.54) is 0 Å². The molecule has 0 radical (unpaired) electrons. The summed E-state index contributed by atoms with van der Waals surface area (Å²) < 4.78 is 0. The molecular weight excluding hydrogens is 348 g/mol.